The number of aryl methyl sites for hydroxylation is 1. The maximum absolute atomic E-state index is 12.9. The Bertz CT molecular complexity index is 981. The second kappa shape index (κ2) is 7.20. The zero-order valence-corrected chi connectivity index (χ0v) is 15.1. The van der Waals surface area contributed by atoms with Crippen LogP contribution in [-0.2, 0) is 19.8 Å². The van der Waals surface area contributed by atoms with E-state index in [1.165, 1.54) is 11.0 Å². The number of carbonyl (C=O) groups excluding carboxylic acids is 1. The average Bonchev–Trinajstić information content (AvgIpc) is 3.12. The topological polar surface area (TPSA) is 77.6 Å². The van der Waals surface area contributed by atoms with Crippen molar-refractivity contribution >= 4 is 35.1 Å². The number of nitrogens with zero attached hydrogens (tertiary/aromatic N) is 5. The van der Waals surface area contributed by atoms with Gasteiger partial charge in [-0.05, 0) is 17.7 Å². The summed E-state index contributed by atoms with van der Waals surface area (Å²) in [7, 11) is 1.05. The van der Waals surface area contributed by atoms with Gasteiger partial charge in [-0.1, -0.05) is 35.3 Å². The summed E-state index contributed by atoms with van der Waals surface area (Å²) in [5.74, 6) is -1.04. The van der Waals surface area contributed by atoms with Gasteiger partial charge < -0.3 is 0 Å². The molecule has 2 aromatic heterocycles. The molecule has 3 rings (SSSR count). The van der Waals surface area contributed by atoms with Crippen LogP contribution in [0.15, 0.2) is 30.6 Å². The van der Waals surface area contributed by atoms with Crippen molar-refractivity contribution in [1.82, 2.24) is 24.5 Å². The number of hydrogen-bond donors (Lipinski definition) is 1. The third-order valence-electron chi connectivity index (χ3n) is 3.49. The maximum Gasteiger partial charge on any atom is 0.434 e. The lowest BCUT2D eigenvalue weighted by Gasteiger charge is -2.06. The standard InChI is InChI=1S/C15H11Cl2F3N6O/c1-25-12(15(18,19)20)10(17)11(23-25)13(27)22-14-21-7-26(24-14)6-8-2-4-9(16)5-3-8/h2-5,7H,6H2,1H3,(H,22,24,27). The zero-order valence-electron chi connectivity index (χ0n) is 13.6. The van der Waals surface area contributed by atoms with Crippen LogP contribution in [0.2, 0.25) is 10.0 Å². The van der Waals surface area contributed by atoms with Crippen LogP contribution in [-0.4, -0.2) is 30.5 Å². The van der Waals surface area contributed by atoms with E-state index in [0.717, 1.165) is 12.6 Å². The van der Waals surface area contributed by atoms with Crippen LogP contribution in [0.4, 0.5) is 19.1 Å². The molecule has 0 radical (unpaired) electrons. The van der Waals surface area contributed by atoms with Crippen molar-refractivity contribution < 1.29 is 18.0 Å². The van der Waals surface area contributed by atoms with Gasteiger partial charge in [-0.15, -0.1) is 5.10 Å². The van der Waals surface area contributed by atoms with Crippen LogP contribution in [0.5, 0.6) is 0 Å². The molecule has 0 unspecified atom stereocenters. The first-order chi connectivity index (χ1) is 12.6. The molecule has 0 spiro atoms. The number of carbonyl (C=O) groups is 1. The molecular formula is C15H11Cl2F3N6O. The second-order valence-corrected chi connectivity index (χ2v) is 6.29. The molecule has 0 bridgehead atoms. The van der Waals surface area contributed by atoms with E-state index < -0.39 is 28.5 Å². The highest BCUT2D eigenvalue weighted by Crippen LogP contribution is 2.36. The molecule has 0 fully saturated rings. The van der Waals surface area contributed by atoms with Gasteiger partial charge in [-0.2, -0.15) is 18.3 Å². The molecule has 0 aliphatic rings. The van der Waals surface area contributed by atoms with Gasteiger partial charge in [-0.25, -0.2) is 9.67 Å². The largest absolute Gasteiger partial charge is 0.434 e. The van der Waals surface area contributed by atoms with E-state index in [2.05, 4.69) is 20.5 Å². The number of nitrogens with one attached hydrogen (secondary N) is 1. The quantitative estimate of drug-likeness (QED) is 0.701. The van der Waals surface area contributed by atoms with E-state index in [0.29, 0.717) is 16.2 Å². The predicted octanol–water partition coefficient (Wildman–Crippen LogP) is 3.64. The molecule has 2 heterocycles. The van der Waals surface area contributed by atoms with E-state index in [1.54, 1.807) is 24.3 Å². The fourth-order valence-corrected chi connectivity index (χ4v) is 2.80. The smallest absolute Gasteiger partial charge is 0.288 e. The number of hydrogen-bond acceptors (Lipinski definition) is 4. The van der Waals surface area contributed by atoms with E-state index in [4.69, 9.17) is 23.2 Å². The molecule has 12 heteroatoms. The number of halogens is 5. The third kappa shape index (κ3) is 4.22. The van der Waals surface area contributed by atoms with Crippen LogP contribution >= 0.6 is 23.2 Å². The molecule has 142 valence electrons. The zero-order chi connectivity index (χ0) is 19.8. The Kier molecular flexibility index (Phi) is 5.11. The summed E-state index contributed by atoms with van der Waals surface area (Å²) in [4.78, 5) is 16.1. The number of alkyl halides is 3. The molecule has 0 saturated heterocycles. The van der Waals surface area contributed by atoms with Crippen LogP contribution < -0.4 is 5.32 Å². The molecule has 27 heavy (non-hydrogen) atoms. The Morgan fingerprint density at radius 1 is 1.19 bits per heavy atom. The van der Waals surface area contributed by atoms with E-state index in [9.17, 15) is 18.0 Å². The van der Waals surface area contributed by atoms with Crippen molar-refractivity contribution in [3.05, 3.63) is 57.6 Å². The van der Waals surface area contributed by atoms with Gasteiger partial charge in [0.2, 0.25) is 5.95 Å². The summed E-state index contributed by atoms with van der Waals surface area (Å²) in [6, 6.07) is 7.04. The van der Waals surface area contributed by atoms with Crippen LogP contribution in [0.1, 0.15) is 21.7 Å². The van der Waals surface area contributed by atoms with Gasteiger partial charge in [0.1, 0.15) is 11.3 Å². The van der Waals surface area contributed by atoms with Crippen LogP contribution in [0.25, 0.3) is 0 Å². The highest BCUT2D eigenvalue weighted by Gasteiger charge is 2.40. The lowest BCUT2D eigenvalue weighted by molar-refractivity contribution is -0.143. The first kappa shape index (κ1) is 19.2. The van der Waals surface area contributed by atoms with Crippen LogP contribution in [0.3, 0.4) is 0 Å². The molecule has 0 aliphatic heterocycles. The molecule has 1 N–H and O–H groups in total. The summed E-state index contributed by atoms with van der Waals surface area (Å²) in [6.07, 6.45) is -3.37. The normalized spacial score (nSPS) is 11.6. The lowest BCUT2D eigenvalue weighted by Crippen LogP contribution is -2.15. The van der Waals surface area contributed by atoms with Gasteiger partial charge in [0.15, 0.2) is 11.4 Å². The fourth-order valence-electron chi connectivity index (χ4n) is 2.32. The van der Waals surface area contributed by atoms with Gasteiger partial charge >= 0.3 is 6.18 Å². The van der Waals surface area contributed by atoms with Crippen molar-refractivity contribution in [1.29, 1.82) is 0 Å². The molecule has 0 atom stereocenters. The first-order valence-electron chi connectivity index (χ1n) is 7.40. The fraction of sp³-hybridized carbons (Fsp3) is 0.200. The number of aromatic nitrogens is 5. The molecule has 1 amide bonds. The Morgan fingerprint density at radius 2 is 1.85 bits per heavy atom. The number of rotatable bonds is 4. The Hall–Kier alpha value is -2.59. The summed E-state index contributed by atoms with van der Waals surface area (Å²) in [6.45, 7) is 0.364. The maximum atomic E-state index is 12.9. The number of amides is 1. The monoisotopic (exact) mass is 418 g/mol. The highest BCUT2D eigenvalue weighted by atomic mass is 35.5. The Labute approximate surface area is 160 Å². The van der Waals surface area contributed by atoms with Crippen molar-refractivity contribution in [2.75, 3.05) is 5.32 Å². The molecular weight excluding hydrogens is 408 g/mol. The van der Waals surface area contributed by atoms with Crippen LogP contribution in [0, 0.1) is 0 Å². The SMILES string of the molecule is Cn1nc(C(=O)Nc2ncn(Cc3ccc(Cl)cc3)n2)c(Cl)c1C(F)(F)F. The van der Waals surface area contributed by atoms with E-state index >= 15 is 0 Å². The average molecular weight is 419 g/mol. The van der Waals surface area contributed by atoms with Gasteiger partial charge in [0, 0.05) is 12.1 Å². The predicted molar refractivity (Wildman–Crippen MR) is 91.7 cm³/mol. The molecule has 7 nitrogen and oxygen atoms in total. The molecule has 3 aromatic rings. The van der Waals surface area contributed by atoms with Crippen molar-refractivity contribution in [3.63, 3.8) is 0 Å². The molecule has 0 aliphatic carbocycles. The van der Waals surface area contributed by atoms with Crippen molar-refractivity contribution in [2.45, 2.75) is 12.7 Å². The number of benzene rings is 1. The first-order valence-corrected chi connectivity index (χ1v) is 8.15. The summed E-state index contributed by atoms with van der Waals surface area (Å²) < 4.78 is 40.8. The summed E-state index contributed by atoms with van der Waals surface area (Å²) >= 11 is 11.5. The molecule has 0 saturated carbocycles. The minimum atomic E-state index is -4.74. The second-order valence-electron chi connectivity index (χ2n) is 5.48. The minimum Gasteiger partial charge on any atom is -0.288 e. The summed E-state index contributed by atoms with van der Waals surface area (Å²) in [5, 5.41) is 9.66. The summed E-state index contributed by atoms with van der Waals surface area (Å²) in [5.41, 5.74) is -0.888. The molecule has 1 aromatic carbocycles. The number of anilines is 1. The van der Waals surface area contributed by atoms with Crippen molar-refractivity contribution in [3.8, 4) is 0 Å². The van der Waals surface area contributed by atoms with E-state index in [-0.39, 0.29) is 5.95 Å². The Balaban J connectivity index is 1.74. The lowest BCUT2D eigenvalue weighted by atomic mass is 10.2. The van der Waals surface area contributed by atoms with Gasteiger partial charge in [-0.3, -0.25) is 14.8 Å². The minimum absolute atomic E-state index is 0.0933. The van der Waals surface area contributed by atoms with Gasteiger partial charge in [0.25, 0.3) is 5.91 Å². The Morgan fingerprint density at radius 3 is 2.44 bits per heavy atom. The third-order valence-corrected chi connectivity index (χ3v) is 4.10. The van der Waals surface area contributed by atoms with Crippen molar-refractivity contribution in [2.24, 2.45) is 7.05 Å². The van der Waals surface area contributed by atoms with E-state index in [1.807, 2.05) is 0 Å². The highest BCUT2D eigenvalue weighted by molar-refractivity contribution is 6.34. The van der Waals surface area contributed by atoms with Gasteiger partial charge in [0.05, 0.1) is 6.54 Å².